The van der Waals surface area contributed by atoms with Gasteiger partial charge in [0.05, 0.1) is 24.7 Å². The zero-order valence-electron chi connectivity index (χ0n) is 13.3. The lowest BCUT2D eigenvalue weighted by Crippen LogP contribution is -2.13. The van der Waals surface area contributed by atoms with Gasteiger partial charge in [-0.15, -0.1) is 0 Å². The molecular weight excluding hydrogens is 309 g/mol. The Labute approximate surface area is 138 Å². The number of rotatable bonds is 4. The molecule has 0 unspecified atom stereocenters. The number of ether oxygens (including phenoxy) is 1. The SMILES string of the molecule is COc1ccc(F)c(NC(=O)c2ccc(-n3cc(C)cn3)cc2)c1. The minimum absolute atomic E-state index is 0.0751. The van der Waals surface area contributed by atoms with Gasteiger partial charge in [-0.1, -0.05) is 0 Å². The molecule has 0 radical (unpaired) electrons. The van der Waals surface area contributed by atoms with Crippen molar-refractivity contribution in [1.29, 1.82) is 0 Å². The van der Waals surface area contributed by atoms with E-state index in [0.29, 0.717) is 11.3 Å². The lowest BCUT2D eigenvalue weighted by atomic mass is 10.2. The Kier molecular flexibility index (Phi) is 4.29. The molecule has 0 aliphatic heterocycles. The van der Waals surface area contributed by atoms with E-state index in [1.54, 1.807) is 35.1 Å². The van der Waals surface area contributed by atoms with Gasteiger partial charge in [0, 0.05) is 17.8 Å². The number of nitrogens with one attached hydrogen (secondary N) is 1. The molecule has 0 fully saturated rings. The number of carbonyl (C=O) groups is 1. The Morgan fingerprint density at radius 1 is 1.21 bits per heavy atom. The highest BCUT2D eigenvalue weighted by molar-refractivity contribution is 6.04. The third-order valence-corrected chi connectivity index (χ3v) is 3.53. The maximum Gasteiger partial charge on any atom is 0.255 e. The number of methoxy groups -OCH3 is 1. The van der Waals surface area contributed by atoms with E-state index in [1.165, 1.54) is 25.3 Å². The highest BCUT2D eigenvalue weighted by atomic mass is 19.1. The molecule has 2 aromatic carbocycles. The summed E-state index contributed by atoms with van der Waals surface area (Å²) in [5.41, 5.74) is 2.38. The number of nitrogens with zero attached hydrogens (tertiary/aromatic N) is 2. The predicted octanol–water partition coefficient (Wildman–Crippen LogP) is 3.58. The monoisotopic (exact) mass is 325 g/mol. The Hall–Kier alpha value is -3.15. The molecule has 1 heterocycles. The number of anilines is 1. The maximum absolute atomic E-state index is 13.8. The van der Waals surface area contributed by atoms with Crippen molar-refractivity contribution in [2.24, 2.45) is 0 Å². The first-order chi connectivity index (χ1) is 11.6. The Bertz CT molecular complexity index is 872. The van der Waals surface area contributed by atoms with Crippen LogP contribution in [0.2, 0.25) is 0 Å². The molecule has 5 nitrogen and oxygen atoms in total. The first-order valence-corrected chi connectivity index (χ1v) is 7.33. The Balaban J connectivity index is 1.78. The molecule has 0 atom stereocenters. The number of carbonyl (C=O) groups excluding carboxylic acids is 1. The van der Waals surface area contributed by atoms with Gasteiger partial charge in [-0.25, -0.2) is 9.07 Å². The average molecular weight is 325 g/mol. The van der Waals surface area contributed by atoms with Crippen LogP contribution in [0.3, 0.4) is 0 Å². The summed E-state index contributed by atoms with van der Waals surface area (Å²) in [5.74, 6) is -0.450. The molecule has 0 bridgehead atoms. The van der Waals surface area contributed by atoms with E-state index >= 15 is 0 Å². The van der Waals surface area contributed by atoms with Gasteiger partial charge in [-0.2, -0.15) is 5.10 Å². The second-order valence-corrected chi connectivity index (χ2v) is 5.31. The first kappa shape index (κ1) is 15.7. The van der Waals surface area contributed by atoms with E-state index in [9.17, 15) is 9.18 Å². The van der Waals surface area contributed by atoms with Gasteiger partial charge in [0.15, 0.2) is 0 Å². The summed E-state index contributed by atoms with van der Waals surface area (Å²) in [7, 11) is 1.48. The van der Waals surface area contributed by atoms with Crippen molar-refractivity contribution < 1.29 is 13.9 Å². The highest BCUT2D eigenvalue weighted by Gasteiger charge is 2.11. The largest absolute Gasteiger partial charge is 0.497 e. The normalized spacial score (nSPS) is 10.5. The van der Waals surface area contributed by atoms with E-state index in [1.807, 2.05) is 13.1 Å². The third kappa shape index (κ3) is 3.27. The number of halogens is 1. The molecule has 6 heteroatoms. The van der Waals surface area contributed by atoms with Crippen LogP contribution in [-0.4, -0.2) is 22.8 Å². The number of hydrogen-bond acceptors (Lipinski definition) is 3. The van der Waals surface area contributed by atoms with Crippen LogP contribution in [0.5, 0.6) is 5.75 Å². The maximum atomic E-state index is 13.8. The zero-order chi connectivity index (χ0) is 17.1. The van der Waals surface area contributed by atoms with Crippen LogP contribution in [-0.2, 0) is 0 Å². The summed E-state index contributed by atoms with van der Waals surface area (Å²) in [5, 5.41) is 6.76. The summed E-state index contributed by atoms with van der Waals surface area (Å²) in [4.78, 5) is 12.3. The summed E-state index contributed by atoms with van der Waals surface area (Å²) in [6, 6.07) is 11.1. The van der Waals surface area contributed by atoms with Crippen LogP contribution in [0.15, 0.2) is 54.9 Å². The van der Waals surface area contributed by atoms with Crippen molar-refractivity contribution in [3.8, 4) is 11.4 Å². The molecule has 1 amide bonds. The number of benzene rings is 2. The van der Waals surface area contributed by atoms with Crippen molar-refractivity contribution in [2.45, 2.75) is 6.92 Å². The average Bonchev–Trinajstić information content (AvgIpc) is 3.03. The molecule has 3 aromatic rings. The van der Waals surface area contributed by atoms with E-state index in [2.05, 4.69) is 10.4 Å². The molecule has 24 heavy (non-hydrogen) atoms. The fourth-order valence-corrected chi connectivity index (χ4v) is 2.24. The lowest BCUT2D eigenvalue weighted by Gasteiger charge is -2.09. The molecule has 0 aliphatic rings. The Morgan fingerprint density at radius 2 is 1.96 bits per heavy atom. The van der Waals surface area contributed by atoms with Gasteiger partial charge in [0.1, 0.15) is 11.6 Å². The molecule has 0 saturated heterocycles. The van der Waals surface area contributed by atoms with Crippen molar-refractivity contribution in [3.63, 3.8) is 0 Å². The van der Waals surface area contributed by atoms with Gasteiger partial charge < -0.3 is 10.1 Å². The van der Waals surface area contributed by atoms with Gasteiger partial charge in [0.2, 0.25) is 0 Å². The molecule has 0 saturated carbocycles. The fourth-order valence-electron chi connectivity index (χ4n) is 2.24. The summed E-state index contributed by atoms with van der Waals surface area (Å²) in [6.45, 7) is 1.95. The van der Waals surface area contributed by atoms with Crippen molar-refractivity contribution in [2.75, 3.05) is 12.4 Å². The number of amides is 1. The number of aryl methyl sites for hydroxylation is 1. The quantitative estimate of drug-likeness (QED) is 0.797. The molecule has 0 spiro atoms. The topological polar surface area (TPSA) is 56.1 Å². The fraction of sp³-hybridized carbons (Fsp3) is 0.111. The van der Waals surface area contributed by atoms with Crippen LogP contribution in [0.25, 0.3) is 5.69 Å². The second-order valence-electron chi connectivity index (χ2n) is 5.31. The first-order valence-electron chi connectivity index (χ1n) is 7.33. The Morgan fingerprint density at radius 3 is 2.58 bits per heavy atom. The van der Waals surface area contributed by atoms with Crippen LogP contribution in [0, 0.1) is 12.7 Å². The molecule has 122 valence electrons. The van der Waals surface area contributed by atoms with Gasteiger partial charge in [-0.05, 0) is 48.9 Å². The van der Waals surface area contributed by atoms with Crippen molar-refractivity contribution >= 4 is 11.6 Å². The van der Waals surface area contributed by atoms with Crippen LogP contribution >= 0.6 is 0 Å². The molecule has 0 aliphatic carbocycles. The van der Waals surface area contributed by atoms with E-state index in [4.69, 9.17) is 4.74 Å². The molecular formula is C18H16FN3O2. The van der Waals surface area contributed by atoms with Crippen molar-refractivity contribution in [3.05, 3.63) is 71.8 Å². The van der Waals surface area contributed by atoms with Crippen LogP contribution in [0.1, 0.15) is 15.9 Å². The van der Waals surface area contributed by atoms with Crippen molar-refractivity contribution in [1.82, 2.24) is 9.78 Å². The number of aromatic nitrogens is 2. The van der Waals surface area contributed by atoms with Crippen LogP contribution < -0.4 is 10.1 Å². The molecule has 1 N–H and O–H groups in total. The lowest BCUT2D eigenvalue weighted by molar-refractivity contribution is 0.102. The smallest absolute Gasteiger partial charge is 0.255 e. The van der Waals surface area contributed by atoms with E-state index in [0.717, 1.165) is 11.3 Å². The minimum atomic E-state index is -0.521. The summed E-state index contributed by atoms with van der Waals surface area (Å²) >= 11 is 0. The highest BCUT2D eigenvalue weighted by Crippen LogP contribution is 2.22. The zero-order valence-corrected chi connectivity index (χ0v) is 13.3. The van der Waals surface area contributed by atoms with Gasteiger partial charge in [-0.3, -0.25) is 4.79 Å². The number of hydrogen-bond donors (Lipinski definition) is 1. The summed E-state index contributed by atoms with van der Waals surface area (Å²) in [6.07, 6.45) is 3.65. The van der Waals surface area contributed by atoms with Gasteiger partial charge in [0.25, 0.3) is 5.91 Å². The van der Waals surface area contributed by atoms with Gasteiger partial charge >= 0.3 is 0 Å². The van der Waals surface area contributed by atoms with E-state index in [-0.39, 0.29) is 5.69 Å². The third-order valence-electron chi connectivity index (χ3n) is 3.53. The van der Waals surface area contributed by atoms with Crippen LogP contribution in [0.4, 0.5) is 10.1 Å². The standard InChI is InChI=1S/C18H16FN3O2/c1-12-10-20-22(11-12)14-5-3-13(4-6-14)18(23)21-17-9-15(24-2)7-8-16(17)19/h3-11H,1-2H3,(H,21,23). The second kappa shape index (κ2) is 6.54. The predicted molar refractivity (Wildman–Crippen MR) is 89.2 cm³/mol. The minimum Gasteiger partial charge on any atom is -0.497 e. The summed E-state index contributed by atoms with van der Waals surface area (Å²) < 4.78 is 20.5. The van der Waals surface area contributed by atoms with E-state index < -0.39 is 11.7 Å². The molecule has 3 rings (SSSR count). The molecule has 1 aromatic heterocycles.